The Morgan fingerprint density at radius 3 is 2.62 bits per heavy atom. The van der Waals surface area contributed by atoms with E-state index in [1.165, 1.54) is 12.8 Å². The molecule has 0 saturated carbocycles. The molecule has 1 rings (SSSR count). The summed E-state index contributed by atoms with van der Waals surface area (Å²) in [4.78, 5) is 0. The molecule has 0 bridgehead atoms. The molecule has 16 heavy (non-hydrogen) atoms. The highest BCUT2D eigenvalue weighted by atomic mass is 32.1. The number of aromatic amines is 1. The molecule has 1 aromatic heterocycles. The molecule has 0 spiro atoms. The molecule has 0 aliphatic heterocycles. The molecule has 0 fully saturated rings. The molecule has 2 unspecified atom stereocenters. The van der Waals surface area contributed by atoms with E-state index in [9.17, 15) is 0 Å². The van der Waals surface area contributed by atoms with Gasteiger partial charge in [0.1, 0.15) is 5.82 Å². The minimum atomic E-state index is 0.447. The van der Waals surface area contributed by atoms with E-state index in [0.29, 0.717) is 6.04 Å². The van der Waals surface area contributed by atoms with Gasteiger partial charge >= 0.3 is 0 Å². The van der Waals surface area contributed by atoms with Gasteiger partial charge < -0.3 is 4.57 Å². The summed E-state index contributed by atoms with van der Waals surface area (Å²) in [5.41, 5.74) is 0. The number of aryl methyl sites for hydroxylation is 1. The Balaban J connectivity index is 2.84. The fourth-order valence-electron chi connectivity index (χ4n) is 2.05. The van der Waals surface area contributed by atoms with Gasteiger partial charge in [0.15, 0.2) is 4.77 Å². The number of rotatable bonds is 6. The van der Waals surface area contributed by atoms with Crippen molar-refractivity contribution >= 4 is 12.2 Å². The van der Waals surface area contributed by atoms with Gasteiger partial charge in [-0.05, 0) is 37.9 Å². The van der Waals surface area contributed by atoms with Crippen LogP contribution in [0, 0.1) is 10.7 Å². The summed E-state index contributed by atoms with van der Waals surface area (Å²) in [6.07, 6.45) is 4.49. The second-order valence-electron chi connectivity index (χ2n) is 4.66. The third-order valence-corrected chi connectivity index (χ3v) is 3.42. The lowest BCUT2D eigenvalue weighted by molar-refractivity contribution is 0.387. The molecule has 0 saturated heterocycles. The van der Waals surface area contributed by atoms with Crippen molar-refractivity contribution in [1.29, 1.82) is 0 Å². The second kappa shape index (κ2) is 6.18. The Kier molecular flexibility index (Phi) is 5.19. The standard InChI is InChI=1S/C12H23N3S/c1-5-7-11-13-14-12(16)15(11)10(4)8-9(3)6-2/h9-10H,5-8H2,1-4H3,(H,14,16). The van der Waals surface area contributed by atoms with E-state index in [1.54, 1.807) is 0 Å². The maximum atomic E-state index is 5.30. The van der Waals surface area contributed by atoms with Crippen LogP contribution in [0.4, 0.5) is 0 Å². The highest BCUT2D eigenvalue weighted by molar-refractivity contribution is 7.71. The van der Waals surface area contributed by atoms with Crippen molar-refractivity contribution in [2.24, 2.45) is 5.92 Å². The molecule has 0 aliphatic rings. The van der Waals surface area contributed by atoms with Crippen molar-refractivity contribution in [3.05, 3.63) is 10.6 Å². The van der Waals surface area contributed by atoms with Crippen LogP contribution in [-0.4, -0.2) is 14.8 Å². The number of H-pyrrole nitrogens is 1. The van der Waals surface area contributed by atoms with Gasteiger partial charge in [0, 0.05) is 12.5 Å². The van der Waals surface area contributed by atoms with Crippen LogP contribution in [-0.2, 0) is 6.42 Å². The van der Waals surface area contributed by atoms with Crippen molar-refractivity contribution in [2.75, 3.05) is 0 Å². The van der Waals surface area contributed by atoms with Gasteiger partial charge in [-0.2, -0.15) is 5.10 Å². The van der Waals surface area contributed by atoms with Gasteiger partial charge in [-0.25, -0.2) is 0 Å². The first-order valence-corrected chi connectivity index (χ1v) is 6.66. The maximum absolute atomic E-state index is 5.30. The van der Waals surface area contributed by atoms with E-state index in [-0.39, 0.29) is 0 Å². The van der Waals surface area contributed by atoms with Gasteiger partial charge in [0.25, 0.3) is 0 Å². The maximum Gasteiger partial charge on any atom is 0.195 e. The van der Waals surface area contributed by atoms with Crippen molar-refractivity contribution in [1.82, 2.24) is 14.8 Å². The summed E-state index contributed by atoms with van der Waals surface area (Å²) in [5, 5.41) is 7.22. The van der Waals surface area contributed by atoms with E-state index in [1.807, 2.05) is 0 Å². The average Bonchev–Trinajstić information content (AvgIpc) is 2.60. The minimum absolute atomic E-state index is 0.447. The molecule has 1 N–H and O–H groups in total. The predicted octanol–water partition coefficient (Wildman–Crippen LogP) is 3.89. The number of nitrogens with zero attached hydrogens (tertiary/aromatic N) is 2. The van der Waals surface area contributed by atoms with Crippen LogP contribution in [0.15, 0.2) is 0 Å². The monoisotopic (exact) mass is 241 g/mol. The molecule has 92 valence electrons. The minimum Gasteiger partial charge on any atom is -0.301 e. The topological polar surface area (TPSA) is 33.6 Å². The molecule has 2 atom stereocenters. The summed E-state index contributed by atoms with van der Waals surface area (Å²) in [7, 11) is 0. The summed E-state index contributed by atoms with van der Waals surface area (Å²) in [6.45, 7) is 8.93. The van der Waals surface area contributed by atoms with Crippen molar-refractivity contribution in [2.45, 2.75) is 59.4 Å². The van der Waals surface area contributed by atoms with E-state index in [4.69, 9.17) is 12.2 Å². The van der Waals surface area contributed by atoms with E-state index >= 15 is 0 Å². The van der Waals surface area contributed by atoms with Crippen LogP contribution < -0.4 is 0 Å². The lowest BCUT2D eigenvalue weighted by Crippen LogP contribution is -2.12. The Morgan fingerprint density at radius 2 is 2.06 bits per heavy atom. The van der Waals surface area contributed by atoms with Crippen LogP contribution in [0.5, 0.6) is 0 Å². The highest BCUT2D eigenvalue weighted by Gasteiger charge is 2.14. The van der Waals surface area contributed by atoms with Crippen LogP contribution in [0.25, 0.3) is 0 Å². The first-order chi connectivity index (χ1) is 7.60. The van der Waals surface area contributed by atoms with Gasteiger partial charge in [0.2, 0.25) is 0 Å². The van der Waals surface area contributed by atoms with Crippen molar-refractivity contribution in [3.8, 4) is 0 Å². The largest absolute Gasteiger partial charge is 0.301 e. The number of hydrogen-bond donors (Lipinski definition) is 1. The molecule has 3 nitrogen and oxygen atoms in total. The number of nitrogens with one attached hydrogen (secondary N) is 1. The Labute approximate surface area is 103 Å². The molecular weight excluding hydrogens is 218 g/mol. The normalized spacial score (nSPS) is 15.0. The number of aromatic nitrogens is 3. The SMILES string of the molecule is CCCc1n[nH]c(=S)n1C(C)CC(C)CC. The first kappa shape index (κ1) is 13.4. The molecule has 0 aromatic carbocycles. The summed E-state index contributed by atoms with van der Waals surface area (Å²) in [6, 6.07) is 0.447. The van der Waals surface area contributed by atoms with Crippen molar-refractivity contribution < 1.29 is 0 Å². The summed E-state index contributed by atoms with van der Waals surface area (Å²) >= 11 is 5.30. The smallest absolute Gasteiger partial charge is 0.195 e. The highest BCUT2D eigenvalue weighted by Crippen LogP contribution is 2.21. The summed E-state index contributed by atoms with van der Waals surface area (Å²) in [5.74, 6) is 1.84. The Hall–Kier alpha value is -0.640. The second-order valence-corrected chi connectivity index (χ2v) is 5.05. The molecule has 1 heterocycles. The van der Waals surface area contributed by atoms with Gasteiger partial charge in [-0.3, -0.25) is 5.10 Å². The Bertz CT molecular complexity index is 367. The van der Waals surface area contributed by atoms with Crippen LogP contribution in [0.3, 0.4) is 0 Å². The van der Waals surface area contributed by atoms with E-state index in [2.05, 4.69) is 42.5 Å². The zero-order valence-corrected chi connectivity index (χ0v) is 11.6. The molecule has 1 aromatic rings. The average molecular weight is 241 g/mol. The van der Waals surface area contributed by atoms with Gasteiger partial charge in [-0.15, -0.1) is 0 Å². The van der Waals surface area contributed by atoms with Gasteiger partial charge in [-0.1, -0.05) is 27.2 Å². The fourth-order valence-corrected chi connectivity index (χ4v) is 2.38. The lowest BCUT2D eigenvalue weighted by Gasteiger charge is -2.18. The number of hydrogen-bond acceptors (Lipinski definition) is 2. The molecule has 0 aliphatic carbocycles. The van der Waals surface area contributed by atoms with Gasteiger partial charge in [0.05, 0.1) is 0 Å². The fraction of sp³-hybridized carbons (Fsp3) is 0.833. The molecule has 0 radical (unpaired) electrons. The third kappa shape index (κ3) is 3.17. The zero-order chi connectivity index (χ0) is 12.1. The zero-order valence-electron chi connectivity index (χ0n) is 10.8. The first-order valence-electron chi connectivity index (χ1n) is 6.25. The van der Waals surface area contributed by atoms with Crippen molar-refractivity contribution in [3.63, 3.8) is 0 Å². The van der Waals surface area contributed by atoms with Crippen LogP contribution >= 0.6 is 12.2 Å². The van der Waals surface area contributed by atoms with E-state index in [0.717, 1.165) is 29.4 Å². The summed E-state index contributed by atoms with van der Waals surface area (Å²) < 4.78 is 2.95. The van der Waals surface area contributed by atoms with Crippen LogP contribution in [0.2, 0.25) is 0 Å². The molecule has 0 amide bonds. The van der Waals surface area contributed by atoms with E-state index < -0.39 is 0 Å². The Morgan fingerprint density at radius 1 is 1.38 bits per heavy atom. The van der Waals surface area contributed by atoms with Crippen LogP contribution in [0.1, 0.15) is 58.8 Å². The quantitative estimate of drug-likeness (QED) is 0.767. The molecular formula is C12H23N3S. The lowest BCUT2D eigenvalue weighted by atomic mass is 10.0. The molecule has 4 heteroatoms. The predicted molar refractivity (Wildman–Crippen MR) is 70.2 cm³/mol. The third-order valence-electron chi connectivity index (χ3n) is 3.13.